The van der Waals surface area contributed by atoms with Gasteiger partial charge in [0.2, 0.25) is 5.91 Å². The van der Waals surface area contributed by atoms with Gasteiger partial charge in [-0.25, -0.2) is 13.8 Å². The van der Waals surface area contributed by atoms with Crippen molar-refractivity contribution in [1.29, 1.82) is 0 Å². The predicted octanol–water partition coefficient (Wildman–Crippen LogP) is 5.13. The molecule has 1 aliphatic rings. The molecule has 4 nitrogen and oxygen atoms in total. The van der Waals surface area contributed by atoms with Gasteiger partial charge in [0.25, 0.3) is 0 Å². The Kier molecular flexibility index (Phi) is 6.50. The van der Waals surface area contributed by atoms with Crippen LogP contribution in [0.1, 0.15) is 36.9 Å². The highest BCUT2D eigenvalue weighted by atomic mass is 35.5. The van der Waals surface area contributed by atoms with Crippen molar-refractivity contribution >= 4 is 23.3 Å². The number of hydrogen-bond acceptors (Lipinski definition) is 3. The van der Waals surface area contributed by atoms with Gasteiger partial charge in [-0.2, -0.15) is 13.2 Å². The number of halogens is 6. The second kappa shape index (κ2) is 8.75. The van der Waals surface area contributed by atoms with Gasteiger partial charge in [-0.15, -0.1) is 0 Å². The van der Waals surface area contributed by atoms with E-state index in [-0.39, 0.29) is 28.2 Å². The zero-order valence-corrected chi connectivity index (χ0v) is 16.7. The summed E-state index contributed by atoms with van der Waals surface area (Å²) >= 11 is 5.98. The Morgan fingerprint density at radius 3 is 2.47 bits per heavy atom. The van der Waals surface area contributed by atoms with Gasteiger partial charge in [0, 0.05) is 36.8 Å². The number of piperidine rings is 1. The smallest absolute Gasteiger partial charge is 0.355 e. The van der Waals surface area contributed by atoms with Gasteiger partial charge in [-0.1, -0.05) is 17.7 Å². The molecular weight excluding hydrogens is 429 g/mol. The van der Waals surface area contributed by atoms with Crippen LogP contribution in [0.4, 0.5) is 27.8 Å². The molecule has 2 aromatic rings. The van der Waals surface area contributed by atoms with Crippen molar-refractivity contribution in [3.8, 4) is 0 Å². The van der Waals surface area contributed by atoms with E-state index < -0.39 is 29.4 Å². The molecule has 0 spiro atoms. The normalized spacial score (nSPS) is 16.4. The first-order valence-electron chi connectivity index (χ1n) is 9.29. The van der Waals surface area contributed by atoms with Crippen LogP contribution in [-0.2, 0) is 11.0 Å². The summed E-state index contributed by atoms with van der Waals surface area (Å²) in [5.74, 6) is -1.80. The first-order chi connectivity index (χ1) is 14.1. The van der Waals surface area contributed by atoms with E-state index in [1.807, 2.05) is 0 Å². The molecule has 1 N–H and O–H groups in total. The van der Waals surface area contributed by atoms with Crippen LogP contribution in [0.2, 0.25) is 5.02 Å². The third kappa shape index (κ3) is 5.00. The fourth-order valence-corrected chi connectivity index (χ4v) is 3.72. The molecule has 0 bridgehead atoms. The first kappa shape index (κ1) is 22.3. The van der Waals surface area contributed by atoms with E-state index in [1.54, 1.807) is 11.8 Å². The summed E-state index contributed by atoms with van der Waals surface area (Å²) in [7, 11) is 0. The van der Waals surface area contributed by atoms with Crippen molar-refractivity contribution in [3.05, 3.63) is 58.2 Å². The van der Waals surface area contributed by atoms with Gasteiger partial charge < -0.3 is 10.2 Å². The summed E-state index contributed by atoms with van der Waals surface area (Å²) in [5.41, 5.74) is -0.740. The highest BCUT2D eigenvalue weighted by Crippen LogP contribution is 2.34. The molecule has 0 aliphatic carbocycles. The molecule has 30 heavy (non-hydrogen) atoms. The van der Waals surface area contributed by atoms with Crippen LogP contribution in [-0.4, -0.2) is 24.0 Å². The molecule has 1 atom stereocenters. The number of hydrogen-bond donors (Lipinski definition) is 1. The summed E-state index contributed by atoms with van der Waals surface area (Å²) in [4.78, 5) is 18.1. The summed E-state index contributed by atoms with van der Waals surface area (Å²) < 4.78 is 65.2. The number of carbonyl (C=O) groups excluding carboxylic acids is 1. The molecule has 162 valence electrons. The summed E-state index contributed by atoms with van der Waals surface area (Å²) in [5, 5.41) is 2.63. The van der Waals surface area contributed by atoms with Crippen LogP contribution in [0.25, 0.3) is 0 Å². The van der Waals surface area contributed by atoms with Gasteiger partial charge >= 0.3 is 6.18 Å². The Labute approximate surface area is 175 Å². The van der Waals surface area contributed by atoms with Crippen molar-refractivity contribution in [2.24, 2.45) is 5.92 Å². The number of nitrogens with zero attached hydrogens (tertiary/aromatic N) is 2. The standard InChI is InChI=1S/C20H19ClF5N3O/c1-11(15-3-2-14(22)9-17(15)23)28-19(30)12-4-6-29(7-5-12)18-16(21)8-13(10-27-18)20(24,25)26/h2-3,8-12H,4-7H2,1H3,(H,28,30). The Bertz CT molecular complexity index is 929. The van der Waals surface area contributed by atoms with Crippen LogP contribution in [0.5, 0.6) is 0 Å². The number of benzene rings is 1. The van der Waals surface area contributed by atoms with Crippen LogP contribution < -0.4 is 10.2 Å². The lowest BCUT2D eigenvalue weighted by Crippen LogP contribution is -2.41. The number of aromatic nitrogens is 1. The molecule has 0 radical (unpaired) electrons. The van der Waals surface area contributed by atoms with Gasteiger partial charge in [-0.3, -0.25) is 4.79 Å². The average Bonchev–Trinajstić information content (AvgIpc) is 2.67. The number of rotatable bonds is 4. The Morgan fingerprint density at radius 1 is 1.23 bits per heavy atom. The van der Waals surface area contributed by atoms with Crippen LogP contribution in [0.3, 0.4) is 0 Å². The van der Waals surface area contributed by atoms with Gasteiger partial charge in [0.15, 0.2) is 0 Å². The third-order valence-corrected chi connectivity index (χ3v) is 5.38. The van der Waals surface area contributed by atoms with E-state index in [0.29, 0.717) is 25.9 Å². The molecule has 2 heterocycles. The fourth-order valence-electron chi connectivity index (χ4n) is 3.43. The predicted molar refractivity (Wildman–Crippen MR) is 102 cm³/mol. The number of alkyl halides is 3. The van der Waals surface area contributed by atoms with Crippen molar-refractivity contribution in [2.75, 3.05) is 18.0 Å². The monoisotopic (exact) mass is 447 g/mol. The van der Waals surface area contributed by atoms with Crippen LogP contribution in [0.15, 0.2) is 30.5 Å². The molecule has 0 saturated carbocycles. The lowest BCUT2D eigenvalue weighted by atomic mass is 9.95. The second-order valence-corrected chi connectivity index (χ2v) is 7.59. The maximum absolute atomic E-state index is 13.9. The Morgan fingerprint density at radius 2 is 1.90 bits per heavy atom. The minimum atomic E-state index is -4.53. The molecule has 10 heteroatoms. The molecule has 1 fully saturated rings. The molecule has 1 unspecified atom stereocenters. The van der Waals surface area contributed by atoms with E-state index >= 15 is 0 Å². The van der Waals surface area contributed by atoms with E-state index in [4.69, 9.17) is 11.6 Å². The zero-order chi connectivity index (χ0) is 22.1. The average molecular weight is 448 g/mol. The Balaban J connectivity index is 1.59. The molecule has 1 aliphatic heterocycles. The zero-order valence-electron chi connectivity index (χ0n) is 15.9. The summed E-state index contributed by atoms with van der Waals surface area (Å²) in [6.07, 6.45) is -2.92. The largest absolute Gasteiger partial charge is 0.417 e. The molecule has 1 amide bonds. The quantitative estimate of drug-likeness (QED) is 0.661. The van der Waals surface area contributed by atoms with Crippen molar-refractivity contribution in [2.45, 2.75) is 32.0 Å². The lowest BCUT2D eigenvalue weighted by Gasteiger charge is -2.33. The molecule has 3 rings (SSSR count). The molecular formula is C20H19ClF5N3O. The van der Waals surface area contributed by atoms with E-state index in [2.05, 4.69) is 10.3 Å². The maximum Gasteiger partial charge on any atom is 0.417 e. The SMILES string of the molecule is CC(NC(=O)C1CCN(c2ncc(C(F)(F)F)cc2Cl)CC1)c1ccc(F)cc1F. The minimum Gasteiger partial charge on any atom is -0.355 e. The maximum atomic E-state index is 13.9. The minimum absolute atomic E-state index is 0.104. The van der Waals surface area contributed by atoms with Crippen molar-refractivity contribution in [1.82, 2.24) is 10.3 Å². The summed E-state index contributed by atoms with van der Waals surface area (Å²) in [6, 6.07) is 3.37. The molecule has 1 aromatic carbocycles. The molecule has 1 saturated heterocycles. The topological polar surface area (TPSA) is 45.2 Å². The number of nitrogens with one attached hydrogen (secondary N) is 1. The fraction of sp³-hybridized carbons (Fsp3) is 0.400. The van der Waals surface area contributed by atoms with Gasteiger partial charge in [-0.05, 0) is 31.9 Å². The highest BCUT2D eigenvalue weighted by Gasteiger charge is 2.33. The first-order valence-corrected chi connectivity index (χ1v) is 9.67. The number of amides is 1. The Hall–Kier alpha value is -2.42. The van der Waals surface area contributed by atoms with Crippen molar-refractivity contribution in [3.63, 3.8) is 0 Å². The van der Waals surface area contributed by atoms with Gasteiger partial charge in [0.05, 0.1) is 16.6 Å². The van der Waals surface area contributed by atoms with Crippen LogP contribution in [0, 0.1) is 17.6 Å². The summed E-state index contributed by atoms with van der Waals surface area (Å²) in [6.45, 7) is 2.38. The van der Waals surface area contributed by atoms with E-state index in [1.165, 1.54) is 6.07 Å². The number of carbonyl (C=O) groups is 1. The number of pyridine rings is 1. The highest BCUT2D eigenvalue weighted by molar-refractivity contribution is 6.33. The lowest BCUT2D eigenvalue weighted by molar-refractivity contribution is -0.137. The van der Waals surface area contributed by atoms with E-state index in [0.717, 1.165) is 24.4 Å². The van der Waals surface area contributed by atoms with Crippen molar-refractivity contribution < 1.29 is 26.7 Å². The second-order valence-electron chi connectivity index (χ2n) is 7.18. The van der Waals surface area contributed by atoms with E-state index in [9.17, 15) is 26.7 Å². The molecule has 1 aromatic heterocycles. The third-order valence-electron chi connectivity index (χ3n) is 5.10. The number of anilines is 1. The van der Waals surface area contributed by atoms with Gasteiger partial charge in [0.1, 0.15) is 17.5 Å². The van der Waals surface area contributed by atoms with Crippen LogP contribution >= 0.6 is 11.6 Å².